The summed E-state index contributed by atoms with van der Waals surface area (Å²) in [4.78, 5) is 24.2. The summed E-state index contributed by atoms with van der Waals surface area (Å²) in [6.45, 7) is 0.200. The summed E-state index contributed by atoms with van der Waals surface area (Å²) in [5, 5.41) is 0. The van der Waals surface area contributed by atoms with Crippen LogP contribution < -0.4 is 25.1 Å². The molecule has 0 heterocycles. The van der Waals surface area contributed by atoms with Gasteiger partial charge in [0.05, 0.1) is 6.61 Å². The zero-order valence-electron chi connectivity index (χ0n) is 15.6. The Labute approximate surface area is 164 Å². The Hall–Kier alpha value is -3.43. The molecule has 7 nitrogen and oxygen atoms in total. The van der Waals surface area contributed by atoms with E-state index in [4.69, 9.17) is 9.47 Å². The van der Waals surface area contributed by atoms with Crippen LogP contribution in [0.3, 0.4) is 0 Å². The molecule has 0 radical (unpaired) electrons. The molecule has 0 aliphatic carbocycles. The van der Waals surface area contributed by atoms with E-state index in [9.17, 15) is 22.8 Å². The average molecular weight is 412 g/mol. The highest BCUT2D eigenvalue weighted by Gasteiger charge is 2.18. The third kappa shape index (κ3) is 6.59. The summed E-state index contributed by atoms with van der Waals surface area (Å²) < 4.78 is 52.6. The van der Waals surface area contributed by atoms with Crippen molar-refractivity contribution in [3.8, 4) is 17.2 Å². The summed E-state index contributed by atoms with van der Waals surface area (Å²) in [6.07, 6.45) is -0.985. The zero-order valence-corrected chi connectivity index (χ0v) is 15.6. The van der Waals surface area contributed by atoms with Crippen molar-refractivity contribution in [3.05, 3.63) is 53.8 Å². The molecule has 0 bridgehead atoms. The lowest BCUT2D eigenvalue weighted by Crippen LogP contribution is -2.47. The molecule has 29 heavy (non-hydrogen) atoms. The van der Waals surface area contributed by atoms with Crippen molar-refractivity contribution in [2.24, 2.45) is 0 Å². The first-order chi connectivity index (χ1) is 13.8. The van der Waals surface area contributed by atoms with Gasteiger partial charge in [-0.25, -0.2) is 4.39 Å². The molecule has 2 aromatic rings. The van der Waals surface area contributed by atoms with Gasteiger partial charge in [0.2, 0.25) is 0 Å². The molecule has 1 atom stereocenters. The van der Waals surface area contributed by atoms with E-state index in [-0.39, 0.29) is 29.4 Å². The topological polar surface area (TPSA) is 85.9 Å². The molecule has 0 spiro atoms. The van der Waals surface area contributed by atoms with E-state index >= 15 is 0 Å². The van der Waals surface area contributed by atoms with Gasteiger partial charge in [0.25, 0.3) is 11.8 Å². The van der Waals surface area contributed by atoms with Crippen molar-refractivity contribution in [1.29, 1.82) is 0 Å². The van der Waals surface area contributed by atoms with Crippen LogP contribution in [0.2, 0.25) is 0 Å². The molecular formula is C19H19F3N2O5. The number of carbonyl (C=O) groups is 2. The van der Waals surface area contributed by atoms with Crippen LogP contribution in [0.1, 0.15) is 24.2 Å². The van der Waals surface area contributed by atoms with Gasteiger partial charge in [0, 0.05) is 5.56 Å². The lowest BCUT2D eigenvalue weighted by atomic mass is 10.2. The van der Waals surface area contributed by atoms with Crippen molar-refractivity contribution >= 4 is 11.8 Å². The monoisotopic (exact) mass is 412 g/mol. The molecule has 2 aromatic carbocycles. The van der Waals surface area contributed by atoms with Gasteiger partial charge in [-0.15, -0.1) is 0 Å². The smallest absolute Gasteiger partial charge is 0.387 e. The van der Waals surface area contributed by atoms with E-state index < -0.39 is 30.3 Å². The minimum absolute atomic E-state index is 0.0419. The van der Waals surface area contributed by atoms with Crippen molar-refractivity contribution in [2.45, 2.75) is 26.6 Å². The molecule has 0 saturated carbocycles. The number of alkyl halides is 2. The van der Waals surface area contributed by atoms with Gasteiger partial charge in [-0.1, -0.05) is 0 Å². The Morgan fingerprint density at radius 1 is 1.00 bits per heavy atom. The quantitative estimate of drug-likeness (QED) is 0.651. The number of ether oxygens (including phenoxy) is 3. The summed E-state index contributed by atoms with van der Waals surface area (Å²) in [6, 6.07) is 8.68. The first kappa shape index (κ1) is 21.9. The fourth-order valence-electron chi connectivity index (χ4n) is 2.17. The number of nitrogens with one attached hydrogen (secondary N) is 2. The predicted molar refractivity (Wildman–Crippen MR) is 96.3 cm³/mol. The molecule has 156 valence electrons. The van der Waals surface area contributed by atoms with Crippen LogP contribution in [-0.4, -0.2) is 31.1 Å². The molecular weight excluding hydrogens is 393 g/mol. The minimum Gasteiger partial charge on any atom is -0.490 e. The Bertz CT molecular complexity index is 846. The van der Waals surface area contributed by atoms with Crippen LogP contribution in [-0.2, 0) is 4.79 Å². The number of hydrazine groups is 1. The summed E-state index contributed by atoms with van der Waals surface area (Å²) in [5.41, 5.74) is 4.41. The maximum absolute atomic E-state index is 12.9. The number of rotatable bonds is 8. The average Bonchev–Trinajstić information content (AvgIpc) is 2.68. The normalized spacial score (nSPS) is 11.5. The molecule has 0 aromatic heterocycles. The highest BCUT2D eigenvalue weighted by atomic mass is 19.3. The number of hydrogen-bond donors (Lipinski definition) is 2. The van der Waals surface area contributed by atoms with Gasteiger partial charge in [-0.05, 0) is 56.3 Å². The molecule has 2 amide bonds. The lowest BCUT2D eigenvalue weighted by Gasteiger charge is -2.16. The Morgan fingerprint density at radius 3 is 2.31 bits per heavy atom. The molecule has 0 unspecified atom stereocenters. The highest BCUT2D eigenvalue weighted by molar-refractivity contribution is 5.96. The van der Waals surface area contributed by atoms with Crippen molar-refractivity contribution in [1.82, 2.24) is 10.9 Å². The molecule has 2 rings (SSSR count). The fourth-order valence-corrected chi connectivity index (χ4v) is 2.17. The van der Waals surface area contributed by atoms with E-state index in [1.54, 1.807) is 6.92 Å². The molecule has 0 fully saturated rings. The van der Waals surface area contributed by atoms with E-state index in [0.29, 0.717) is 0 Å². The third-order valence-electron chi connectivity index (χ3n) is 3.52. The number of benzene rings is 2. The second kappa shape index (κ2) is 10.2. The fraction of sp³-hybridized carbons (Fsp3) is 0.263. The minimum atomic E-state index is -3.05. The van der Waals surface area contributed by atoms with E-state index in [2.05, 4.69) is 15.6 Å². The third-order valence-corrected chi connectivity index (χ3v) is 3.52. The largest absolute Gasteiger partial charge is 0.490 e. The number of amides is 2. The zero-order chi connectivity index (χ0) is 21.4. The van der Waals surface area contributed by atoms with E-state index in [0.717, 1.165) is 6.07 Å². The van der Waals surface area contributed by atoms with Gasteiger partial charge in [-0.3, -0.25) is 20.4 Å². The SMILES string of the molecule is CCOc1cc(C(=O)NNC(=O)[C@@H](C)Oc2ccc(F)cc2)ccc1OC(F)F. The maximum atomic E-state index is 12.9. The summed E-state index contributed by atoms with van der Waals surface area (Å²) in [5.74, 6) is -1.81. The molecule has 10 heteroatoms. The molecule has 0 saturated heterocycles. The molecule has 0 aliphatic heterocycles. The van der Waals surface area contributed by atoms with Gasteiger partial charge in [-0.2, -0.15) is 8.78 Å². The van der Waals surface area contributed by atoms with Gasteiger partial charge >= 0.3 is 6.61 Å². The number of hydrogen-bond acceptors (Lipinski definition) is 5. The van der Waals surface area contributed by atoms with Gasteiger partial charge in [0.15, 0.2) is 17.6 Å². The first-order valence-corrected chi connectivity index (χ1v) is 8.54. The number of halogens is 3. The lowest BCUT2D eigenvalue weighted by molar-refractivity contribution is -0.128. The van der Waals surface area contributed by atoms with Crippen LogP contribution >= 0.6 is 0 Å². The van der Waals surface area contributed by atoms with Crippen LogP contribution in [0.25, 0.3) is 0 Å². The first-order valence-electron chi connectivity index (χ1n) is 8.54. The molecule has 0 aliphatic rings. The molecule has 2 N–H and O–H groups in total. The van der Waals surface area contributed by atoms with Crippen molar-refractivity contribution in [2.75, 3.05) is 6.61 Å². The van der Waals surface area contributed by atoms with Crippen molar-refractivity contribution in [3.63, 3.8) is 0 Å². The van der Waals surface area contributed by atoms with Crippen LogP contribution in [0.4, 0.5) is 13.2 Å². The standard InChI is InChI=1S/C19H19F3N2O5/c1-3-27-16-10-12(4-9-15(16)29-19(21)22)18(26)24-23-17(25)11(2)28-14-7-5-13(20)6-8-14/h4-11,19H,3H2,1-2H3,(H,23,25)(H,24,26)/t11-/m1/s1. The van der Waals surface area contributed by atoms with Crippen molar-refractivity contribution < 1.29 is 37.0 Å². The summed E-state index contributed by atoms with van der Waals surface area (Å²) in [7, 11) is 0. The highest BCUT2D eigenvalue weighted by Crippen LogP contribution is 2.29. The Balaban J connectivity index is 1.95. The van der Waals surface area contributed by atoms with E-state index in [1.165, 1.54) is 43.3 Å². The van der Waals surface area contributed by atoms with E-state index in [1.807, 2.05) is 0 Å². The van der Waals surface area contributed by atoms with Gasteiger partial charge in [0.1, 0.15) is 11.6 Å². The van der Waals surface area contributed by atoms with Crippen LogP contribution in [0.5, 0.6) is 17.2 Å². The second-order valence-corrected chi connectivity index (χ2v) is 5.63. The number of carbonyl (C=O) groups excluding carboxylic acids is 2. The van der Waals surface area contributed by atoms with Gasteiger partial charge < -0.3 is 14.2 Å². The predicted octanol–water partition coefficient (Wildman–Crippen LogP) is 3.05. The second-order valence-electron chi connectivity index (χ2n) is 5.63. The Morgan fingerprint density at radius 2 is 1.69 bits per heavy atom. The Kier molecular flexibility index (Phi) is 7.70. The van der Waals surface area contributed by atoms with Crippen LogP contribution in [0.15, 0.2) is 42.5 Å². The van der Waals surface area contributed by atoms with Crippen LogP contribution in [0, 0.1) is 5.82 Å². The summed E-state index contributed by atoms with van der Waals surface area (Å²) >= 11 is 0. The maximum Gasteiger partial charge on any atom is 0.387 e.